The average molecular weight is 500 g/mol. The number of rotatable bonds is 13. The Morgan fingerprint density at radius 1 is 1.22 bits per heavy atom. The van der Waals surface area contributed by atoms with Crippen LogP contribution in [0.5, 0.6) is 0 Å². The van der Waals surface area contributed by atoms with E-state index in [0.717, 1.165) is 12.1 Å². The number of carbonyl (C=O) groups excluding carboxylic acids is 2. The van der Waals surface area contributed by atoms with Crippen LogP contribution in [0.3, 0.4) is 0 Å². The van der Waals surface area contributed by atoms with E-state index in [9.17, 15) is 9.59 Å². The predicted molar refractivity (Wildman–Crippen MR) is 148 cm³/mol. The maximum atomic E-state index is 16.0. The van der Waals surface area contributed by atoms with Crippen molar-refractivity contribution in [3.05, 3.63) is 71.0 Å². The van der Waals surface area contributed by atoms with E-state index in [1.165, 1.54) is 6.08 Å². The number of ether oxygens (including phenoxy) is 1. The molecule has 0 bridgehead atoms. The number of hydrogen-bond donors (Lipinski definition) is 1. The van der Waals surface area contributed by atoms with Gasteiger partial charge in [0.2, 0.25) is 0 Å². The van der Waals surface area contributed by atoms with E-state index in [-0.39, 0.29) is 30.5 Å². The summed E-state index contributed by atoms with van der Waals surface area (Å²) in [5, 5.41) is 3.40. The van der Waals surface area contributed by atoms with Crippen molar-refractivity contribution >= 4 is 11.6 Å². The largest absolute Gasteiger partial charge is 0.378 e. The standard InChI is InChI=1S/C31H46FNO3/c1-11-17-31(32,22(7)8)26(21(5)6)13-14-27(23(9)12-2)33-28-15-16-29(34)25(24(10)30(28)35)19-36-18-20(3)4/h11,13-14,17,20,23,28,33H,5,7,12,15-16,18-19H2,1-4,6,8-10H3/b17-11+,26-13+,27-14+. The van der Waals surface area contributed by atoms with Crippen molar-refractivity contribution in [3.63, 3.8) is 0 Å². The van der Waals surface area contributed by atoms with Crippen molar-refractivity contribution in [2.24, 2.45) is 11.8 Å². The van der Waals surface area contributed by atoms with Crippen molar-refractivity contribution in [1.82, 2.24) is 5.32 Å². The molecule has 0 fully saturated rings. The van der Waals surface area contributed by atoms with E-state index in [1.54, 1.807) is 39.8 Å². The molecule has 0 spiro atoms. The van der Waals surface area contributed by atoms with Gasteiger partial charge in [-0.05, 0) is 75.7 Å². The quantitative estimate of drug-likeness (QED) is 0.216. The van der Waals surface area contributed by atoms with Gasteiger partial charge >= 0.3 is 0 Å². The topological polar surface area (TPSA) is 55.4 Å². The van der Waals surface area contributed by atoms with Gasteiger partial charge in [-0.1, -0.05) is 58.6 Å². The van der Waals surface area contributed by atoms with E-state index >= 15 is 4.39 Å². The Balaban J connectivity index is 3.39. The first-order valence-electron chi connectivity index (χ1n) is 13.0. The van der Waals surface area contributed by atoms with Gasteiger partial charge in [-0.3, -0.25) is 9.59 Å². The molecule has 0 aromatic rings. The fourth-order valence-electron chi connectivity index (χ4n) is 4.11. The van der Waals surface area contributed by atoms with Crippen LogP contribution < -0.4 is 5.32 Å². The molecule has 200 valence electrons. The van der Waals surface area contributed by atoms with Crippen molar-refractivity contribution in [3.8, 4) is 0 Å². The molecule has 5 heteroatoms. The summed E-state index contributed by atoms with van der Waals surface area (Å²) in [6, 6.07) is -0.537. The summed E-state index contributed by atoms with van der Waals surface area (Å²) >= 11 is 0. The van der Waals surface area contributed by atoms with Gasteiger partial charge in [0.15, 0.2) is 17.2 Å². The van der Waals surface area contributed by atoms with Crippen LogP contribution in [0.4, 0.5) is 4.39 Å². The summed E-state index contributed by atoms with van der Waals surface area (Å²) in [6.07, 6.45) is 8.21. The lowest BCUT2D eigenvalue weighted by atomic mass is 9.84. The van der Waals surface area contributed by atoms with Gasteiger partial charge in [0.05, 0.1) is 12.6 Å². The first-order valence-corrected chi connectivity index (χ1v) is 13.0. The number of Topliss-reactive ketones (excluding diaryl/α,β-unsaturated/α-hetero) is 2. The van der Waals surface area contributed by atoms with Gasteiger partial charge in [0.25, 0.3) is 0 Å². The minimum absolute atomic E-state index is 0.0394. The monoisotopic (exact) mass is 499 g/mol. The SMILES string of the molecule is C=C(C)/C(=C\C=C(\NC1CCC(=O)C(COCC(C)C)=C(C)C1=O)C(C)CC)C(F)(/C=C/C)C(=C)C. The minimum atomic E-state index is -1.84. The lowest BCUT2D eigenvalue weighted by molar-refractivity contribution is -0.117. The zero-order valence-electron chi connectivity index (χ0n) is 23.6. The fraction of sp³-hybridized carbons (Fsp3) is 0.548. The van der Waals surface area contributed by atoms with Gasteiger partial charge in [0.1, 0.15) is 0 Å². The van der Waals surface area contributed by atoms with Crippen LogP contribution in [0.25, 0.3) is 0 Å². The van der Waals surface area contributed by atoms with Gasteiger partial charge in [0, 0.05) is 29.9 Å². The predicted octanol–water partition coefficient (Wildman–Crippen LogP) is 7.16. The molecule has 1 aliphatic rings. The lowest BCUT2D eigenvalue weighted by Gasteiger charge is -2.27. The number of nitrogens with one attached hydrogen (secondary N) is 1. The van der Waals surface area contributed by atoms with Crippen LogP contribution >= 0.6 is 0 Å². The van der Waals surface area contributed by atoms with Gasteiger partial charge in [-0.25, -0.2) is 4.39 Å². The molecule has 0 aromatic carbocycles. The van der Waals surface area contributed by atoms with Crippen molar-refractivity contribution < 1.29 is 18.7 Å². The molecular weight excluding hydrogens is 453 g/mol. The number of carbonyl (C=O) groups is 2. The summed E-state index contributed by atoms with van der Waals surface area (Å²) in [6.45, 7) is 23.6. The highest BCUT2D eigenvalue weighted by molar-refractivity contribution is 6.10. The maximum Gasteiger partial charge on any atom is 0.181 e. The normalized spacial score (nSPS) is 20.6. The van der Waals surface area contributed by atoms with E-state index in [4.69, 9.17) is 4.74 Å². The summed E-state index contributed by atoms with van der Waals surface area (Å²) in [4.78, 5) is 26.1. The molecule has 0 radical (unpaired) electrons. The molecule has 0 aliphatic heterocycles. The van der Waals surface area contributed by atoms with Crippen molar-refractivity contribution in [2.75, 3.05) is 13.2 Å². The Morgan fingerprint density at radius 2 is 1.86 bits per heavy atom. The Kier molecular flexibility index (Phi) is 12.5. The van der Waals surface area contributed by atoms with Crippen molar-refractivity contribution in [1.29, 1.82) is 0 Å². The lowest BCUT2D eigenvalue weighted by Crippen LogP contribution is -2.38. The summed E-state index contributed by atoms with van der Waals surface area (Å²) < 4.78 is 21.6. The van der Waals surface area contributed by atoms with Crippen LogP contribution in [0.2, 0.25) is 0 Å². The van der Waals surface area contributed by atoms with Crippen LogP contribution in [-0.2, 0) is 14.3 Å². The second-order valence-electron chi connectivity index (χ2n) is 10.3. The molecule has 0 saturated heterocycles. The van der Waals surface area contributed by atoms with E-state index in [2.05, 4.69) is 32.3 Å². The molecule has 4 nitrogen and oxygen atoms in total. The molecule has 0 saturated carbocycles. The molecular formula is C31H46FNO3. The highest BCUT2D eigenvalue weighted by Gasteiger charge is 2.33. The zero-order valence-corrected chi connectivity index (χ0v) is 23.6. The third-order valence-electron chi connectivity index (χ3n) is 6.62. The Hall–Kier alpha value is -2.53. The Morgan fingerprint density at radius 3 is 2.36 bits per heavy atom. The summed E-state index contributed by atoms with van der Waals surface area (Å²) in [5.41, 5.74) is 1.28. The highest BCUT2D eigenvalue weighted by Crippen LogP contribution is 2.35. The number of alkyl halides is 1. The third kappa shape index (κ3) is 8.26. The average Bonchev–Trinajstić information content (AvgIpc) is 2.89. The van der Waals surface area contributed by atoms with Crippen LogP contribution in [0.1, 0.15) is 74.7 Å². The number of ketones is 2. The molecule has 0 amide bonds. The van der Waals surface area contributed by atoms with E-state index in [1.807, 2.05) is 19.9 Å². The van der Waals surface area contributed by atoms with Crippen LogP contribution in [0, 0.1) is 11.8 Å². The molecule has 36 heavy (non-hydrogen) atoms. The summed E-state index contributed by atoms with van der Waals surface area (Å²) in [5.74, 6) is 0.302. The second kappa shape index (κ2) is 14.3. The number of halogens is 1. The molecule has 0 aromatic heterocycles. The minimum Gasteiger partial charge on any atom is -0.378 e. The first-order chi connectivity index (χ1) is 16.8. The number of hydrogen-bond acceptors (Lipinski definition) is 4. The van der Waals surface area contributed by atoms with Crippen LogP contribution in [0.15, 0.2) is 71.0 Å². The molecule has 3 unspecified atom stereocenters. The van der Waals surface area contributed by atoms with Crippen LogP contribution in [-0.4, -0.2) is 36.5 Å². The van der Waals surface area contributed by atoms with Gasteiger partial charge in [-0.15, -0.1) is 0 Å². The second-order valence-corrected chi connectivity index (χ2v) is 10.3. The molecule has 1 aliphatic carbocycles. The Labute approximate surface area is 218 Å². The fourth-order valence-corrected chi connectivity index (χ4v) is 4.11. The summed E-state index contributed by atoms with van der Waals surface area (Å²) in [7, 11) is 0. The maximum absolute atomic E-state index is 16.0. The first kappa shape index (κ1) is 31.5. The van der Waals surface area contributed by atoms with Gasteiger partial charge < -0.3 is 10.1 Å². The molecule has 1 N–H and O–H groups in total. The smallest absolute Gasteiger partial charge is 0.181 e. The Bertz CT molecular complexity index is 966. The highest BCUT2D eigenvalue weighted by atomic mass is 19.1. The van der Waals surface area contributed by atoms with E-state index in [0.29, 0.717) is 46.8 Å². The third-order valence-corrected chi connectivity index (χ3v) is 6.62. The van der Waals surface area contributed by atoms with E-state index < -0.39 is 11.7 Å². The number of allylic oxidation sites excluding steroid dienone is 8. The molecule has 1 rings (SSSR count). The zero-order chi connectivity index (χ0) is 27.6. The van der Waals surface area contributed by atoms with Crippen molar-refractivity contribution in [2.45, 2.75) is 86.4 Å². The molecule has 0 heterocycles. The van der Waals surface area contributed by atoms with Gasteiger partial charge in [-0.2, -0.15) is 0 Å². The molecule has 3 atom stereocenters.